The van der Waals surface area contributed by atoms with Crippen LogP contribution in [0.3, 0.4) is 0 Å². The third-order valence-corrected chi connectivity index (χ3v) is 7.84. The van der Waals surface area contributed by atoms with Gasteiger partial charge in [0.05, 0.1) is 29.7 Å². The fraction of sp³-hybridized carbons (Fsp3) is 0.241. The number of hydrogen-bond acceptors (Lipinski definition) is 4. The molecule has 2 atom stereocenters. The van der Waals surface area contributed by atoms with Crippen molar-refractivity contribution >= 4 is 38.7 Å². The molecule has 4 aromatic rings. The average Bonchev–Trinajstić information content (AvgIpc) is 3.35. The minimum Gasteiger partial charge on any atom is -0.351 e. The molecule has 0 bridgehead atoms. The van der Waals surface area contributed by atoms with Crippen LogP contribution in [0.4, 0.5) is 11.4 Å². The lowest BCUT2D eigenvalue weighted by atomic mass is 9.96. The molecule has 1 fully saturated rings. The van der Waals surface area contributed by atoms with Gasteiger partial charge < -0.3 is 14.8 Å². The van der Waals surface area contributed by atoms with Gasteiger partial charge in [-0.05, 0) is 105 Å². The molecule has 1 aliphatic heterocycles. The first-order valence-electron chi connectivity index (χ1n) is 12.4. The first-order valence-corrected chi connectivity index (χ1v) is 14.7. The van der Waals surface area contributed by atoms with Crippen LogP contribution < -0.4 is 14.9 Å². The summed E-state index contributed by atoms with van der Waals surface area (Å²) in [4.78, 5) is 6.79. The fourth-order valence-electron chi connectivity index (χ4n) is 5.31. The highest BCUT2D eigenvalue weighted by molar-refractivity contribution is 7.92. The Kier molecular flexibility index (Phi) is 6.75. The minimum absolute atomic E-state index is 0.171. The third-order valence-electron chi connectivity index (χ3n) is 6.93. The van der Waals surface area contributed by atoms with Gasteiger partial charge in [0.2, 0.25) is 10.0 Å². The molecule has 0 spiro atoms. The topological polar surface area (TPSA) is 79.3 Å². The summed E-state index contributed by atoms with van der Waals surface area (Å²) in [5.41, 5.74) is 8.85. The predicted octanol–water partition coefficient (Wildman–Crippen LogP) is 5.65. The monoisotopic (exact) mass is 545 g/mol. The molecule has 3 heterocycles. The van der Waals surface area contributed by atoms with Crippen LogP contribution in [0.15, 0.2) is 72.9 Å². The number of hydrogen-bond donors (Lipinski definition) is 2. The molecule has 2 aromatic heterocycles. The summed E-state index contributed by atoms with van der Waals surface area (Å²) < 4.78 is 28.5. The fourth-order valence-corrected chi connectivity index (χ4v) is 6.29. The number of nitrogens with one attached hydrogen (secondary N) is 2. The zero-order valence-corrected chi connectivity index (χ0v) is 23.7. The van der Waals surface area contributed by atoms with Crippen molar-refractivity contribution in [1.82, 2.24) is 14.9 Å². The molecule has 5 rings (SSSR count). The number of rotatable bonds is 6. The van der Waals surface area contributed by atoms with E-state index in [-0.39, 0.29) is 12.1 Å². The highest BCUT2D eigenvalue weighted by Crippen LogP contribution is 2.44. The van der Waals surface area contributed by atoms with E-state index in [2.05, 4.69) is 75.6 Å². The molecule has 1 aliphatic rings. The Morgan fingerprint density at radius 3 is 2.39 bits per heavy atom. The van der Waals surface area contributed by atoms with Gasteiger partial charge in [-0.1, -0.05) is 18.2 Å². The number of thiocarbonyl (C=S) groups is 1. The summed E-state index contributed by atoms with van der Waals surface area (Å²) in [6, 6.07) is 21.9. The van der Waals surface area contributed by atoms with E-state index in [1.807, 2.05) is 37.3 Å². The number of sulfonamides is 1. The molecule has 7 nitrogen and oxygen atoms in total. The Balaban J connectivity index is 1.65. The van der Waals surface area contributed by atoms with Crippen LogP contribution in [0.1, 0.15) is 45.9 Å². The van der Waals surface area contributed by atoms with Crippen LogP contribution in [0, 0.1) is 27.7 Å². The molecule has 0 unspecified atom stereocenters. The Hall–Kier alpha value is -3.69. The zero-order valence-electron chi connectivity index (χ0n) is 22.1. The first-order chi connectivity index (χ1) is 18.0. The lowest BCUT2D eigenvalue weighted by Gasteiger charge is -2.29. The number of aromatic nitrogens is 2. The number of pyridine rings is 1. The van der Waals surface area contributed by atoms with Crippen LogP contribution in [0.5, 0.6) is 0 Å². The quantitative estimate of drug-likeness (QED) is 0.305. The molecule has 0 amide bonds. The second-order valence-electron chi connectivity index (χ2n) is 9.87. The number of aryl methyl sites for hydroxylation is 3. The van der Waals surface area contributed by atoms with Gasteiger partial charge in [-0.25, -0.2) is 8.42 Å². The summed E-state index contributed by atoms with van der Waals surface area (Å²) in [6.07, 6.45) is 2.95. The van der Waals surface area contributed by atoms with E-state index in [1.54, 1.807) is 12.3 Å². The lowest BCUT2D eigenvalue weighted by Crippen LogP contribution is -2.29. The van der Waals surface area contributed by atoms with Gasteiger partial charge in [0.1, 0.15) is 0 Å². The molecular formula is C29H31N5O2S2. The molecule has 0 radical (unpaired) electrons. The van der Waals surface area contributed by atoms with Gasteiger partial charge in [-0.2, -0.15) is 0 Å². The van der Waals surface area contributed by atoms with Gasteiger partial charge in [-0.15, -0.1) is 0 Å². The Morgan fingerprint density at radius 2 is 1.74 bits per heavy atom. The zero-order chi connectivity index (χ0) is 27.2. The Labute approximate surface area is 229 Å². The van der Waals surface area contributed by atoms with E-state index in [9.17, 15) is 8.42 Å². The van der Waals surface area contributed by atoms with Gasteiger partial charge in [0, 0.05) is 29.0 Å². The van der Waals surface area contributed by atoms with Crippen molar-refractivity contribution in [1.29, 1.82) is 0 Å². The summed E-state index contributed by atoms with van der Waals surface area (Å²) >= 11 is 5.90. The summed E-state index contributed by atoms with van der Waals surface area (Å²) in [6.45, 7) is 8.25. The van der Waals surface area contributed by atoms with Crippen LogP contribution in [-0.4, -0.2) is 29.3 Å². The van der Waals surface area contributed by atoms with Crippen molar-refractivity contribution in [3.8, 4) is 5.69 Å². The van der Waals surface area contributed by atoms with E-state index < -0.39 is 10.0 Å². The molecular weight excluding hydrogens is 514 g/mol. The van der Waals surface area contributed by atoms with Crippen molar-refractivity contribution in [2.24, 2.45) is 0 Å². The highest BCUT2D eigenvalue weighted by Gasteiger charge is 2.42. The molecule has 0 aliphatic carbocycles. The van der Waals surface area contributed by atoms with Crippen LogP contribution >= 0.6 is 12.2 Å². The predicted molar refractivity (Wildman–Crippen MR) is 158 cm³/mol. The standard InChI is InChI=1S/C29H31N5O2S2/c1-18-9-8-10-22(15-18)33-20(3)17-24(21(33)4)28-27(26-11-6-7-14-30-26)31-29(37)34(28)23-12-13-25(19(2)16-23)32-38(5,35)36/h6-17,27-28,32H,1-5H3,(H,31,37)/t27-,28+/m0/s1. The van der Waals surface area contributed by atoms with E-state index in [4.69, 9.17) is 12.2 Å². The van der Waals surface area contributed by atoms with E-state index in [1.165, 1.54) is 5.56 Å². The second-order valence-corrected chi connectivity index (χ2v) is 12.0. The van der Waals surface area contributed by atoms with Crippen molar-refractivity contribution in [3.63, 3.8) is 0 Å². The smallest absolute Gasteiger partial charge is 0.229 e. The van der Waals surface area contributed by atoms with Gasteiger partial charge in [-0.3, -0.25) is 9.71 Å². The van der Waals surface area contributed by atoms with Crippen LogP contribution in [-0.2, 0) is 10.0 Å². The van der Waals surface area contributed by atoms with E-state index in [0.29, 0.717) is 10.8 Å². The molecule has 196 valence electrons. The maximum absolute atomic E-state index is 11.8. The van der Waals surface area contributed by atoms with Crippen LogP contribution in [0.2, 0.25) is 0 Å². The molecule has 2 aromatic carbocycles. The summed E-state index contributed by atoms with van der Waals surface area (Å²) in [5.74, 6) is 0. The molecule has 38 heavy (non-hydrogen) atoms. The minimum atomic E-state index is -3.39. The van der Waals surface area contributed by atoms with Crippen molar-refractivity contribution < 1.29 is 8.42 Å². The van der Waals surface area contributed by atoms with Crippen LogP contribution in [0.25, 0.3) is 5.69 Å². The highest BCUT2D eigenvalue weighted by atomic mass is 32.2. The maximum Gasteiger partial charge on any atom is 0.229 e. The number of anilines is 2. The van der Waals surface area contributed by atoms with Gasteiger partial charge >= 0.3 is 0 Å². The van der Waals surface area contributed by atoms with Crippen molar-refractivity contribution in [3.05, 3.63) is 107 Å². The molecule has 9 heteroatoms. The van der Waals surface area contributed by atoms with Gasteiger partial charge in [0.15, 0.2) is 5.11 Å². The number of benzene rings is 2. The summed E-state index contributed by atoms with van der Waals surface area (Å²) in [5, 5.41) is 4.11. The molecule has 0 saturated carbocycles. The molecule has 1 saturated heterocycles. The van der Waals surface area contributed by atoms with E-state index >= 15 is 0 Å². The summed E-state index contributed by atoms with van der Waals surface area (Å²) in [7, 11) is -3.39. The van der Waals surface area contributed by atoms with Crippen molar-refractivity contribution in [2.75, 3.05) is 15.9 Å². The lowest BCUT2D eigenvalue weighted by molar-refractivity contribution is 0.565. The normalized spacial score (nSPS) is 17.5. The maximum atomic E-state index is 11.8. The van der Waals surface area contributed by atoms with E-state index in [0.717, 1.165) is 45.8 Å². The van der Waals surface area contributed by atoms with Crippen molar-refractivity contribution in [2.45, 2.75) is 39.8 Å². The average molecular weight is 546 g/mol. The first kappa shape index (κ1) is 25.9. The largest absolute Gasteiger partial charge is 0.351 e. The van der Waals surface area contributed by atoms with Gasteiger partial charge in [0.25, 0.3) is 0 Å². The molecule has 2 N–H and O–H groups in total. The second kappa shape index (κ2) is 9.89. The Morgan fingerprint density at radius 1 is 0.947 bits per heavy atom. The Bertz CT molecular complexity index is 1630. The third kappa shape index (κ3) is 4.91. The SMILES string of the molecule is Cc1cccc(-n2c(C)cc([C@@H]3[C@H](c4ccccn4)NC(=S)N3c3ccc(NS(C)(=O)=O)c(C)c3)c2C)c1. The number of nitrogens with zero attached hydrogens (tertiary/aromatic N) is 3.